The quantitative estimate of drug-likeness (QED) is 0.645. The molecular formula is C15H23N3O3. The summed E-state index contributed by atoms with van der Waals surface area (Å²) in [5, 5.41) is 14.2. The first kappa shape index (κ1) is 15.6. The van der Waals surface area contributed by atoms with Gasteiger partial charge in [0.05, 0.1) is 18.1 Å². The summed E-state index contributed by atoms with van der Waals surface area (Å²) in [5.74, 6) is 1.13. The number of nitrogens with zero attached hydrogens (tertiary/aromatic N) is 2. The van der Waals surface area contributed by atoms with Gasteiger partial charge in [0.2, 0.25) is 0 Å². The summed E-state index contributed by atoms with van der Waals surface area (Å²) in [4.78, 5) is 13.0. The van der Waals surface area contributed by atoms with Gasteiger partial charge in [-0.15, -0.1) is 0 Å². The summed E-state index contributed by atoms with van der Waals surface area (Å²) in [6, 6.07) is 4.79. The minimum absolute atomic E-state index is 0.0534. The number of nitrogens with one attached hydrogen (secondary N) is 1. The Morgan fingerprint density at radius 1 is 1.38 bits per heavy atom. The zero-order chi connectivity index (χ0) is 15.2. The summed E-state index contributed by atoms with van der Waals surface area (Å²) in [6.07, 6.45) is 2.35. The van der Waals surface area contributed by atoms with Gasteiger partial charge in [-0.25, -0.2) is 0 Å². The largest absolute Gasteiger partial charge is 0.496 e. The van der Waals surface area contributed by atoms with Crippen LogP contribution in [-0.2, 0) is 0 Å². The first-order chi connectivity index (χ1) is 10.1. The number of nitro benzene ring substituents is 1. The Hall–Kier alpha value is -1.82. The number of hydrogen-bond donors (Lipinski definition) is 1. The topological polar surface area (TPSA) is 67.6 Å². The van der Waals surface area contributed by atoms with Crippen molar-refractivity contribution in [3.63, 3.8) is 0 Å². The van der Waals surface area contributed by atoms with Gasteiger partial charge in [-0.1, -0.05) is 6.92 Å². The van der Waals surface area contributed by atoms with Gasteiger partial charge in [-0.05, 0) is 38.4 Å². The van der Waals surface area contributed by atoms with E-state index in [0.29, 0.717) is 11.7 Å². The predicted molar refractivity (Wildman–Crippen MR) is 83.0 cm³/mol. The van der Waals surface area contributed by atoms with E-state index in [9.17, 15) is 10.1 Å². The third-order valence-corrected chi connectivity index (χ3v) is 4.09. The lowest BCUT2D eigenvalue weighted by Gasteiger charge is -2.31. The van der Waals surface area contributed by atoms with E-state index >= 15 is 0 Å². The van der Waals surface area contributed by atoms with E-state index < -0.39 is 4.92 Å². The smallest absolute Gasteiger partial charge is 0.275 e. The van der Waals surface area contributed by atoms with E-state index in [1.165, 1.54) is 26.0 Å². The fraction of sp³-hybridized carbons (Fsp3) is 0.600. The van der Waals surface area contributed by atoms with E-state index in [-0.39, 0.29) is 5.69 Å². The van der Waals surface area contributed by atoms with E-state index in [1.807, 2.05) is 0 Å². The van der Waals surface area contributed by atoms with Gasteiger partial charge < -0.3 is 15.0 Å². The highest BCUT2D eigenvalue weighted by Gasteiger charge is 2.18. The predicted octanol–water partition coefficient (Wildman–Crippen LogP) is 2.75. The van der Waals surface area contributed by atoms with Crippen LogP contribution in [0, 0.1) is 16.0 Å². The number of rotatable bonds is 6. The molecule has 1 aliphatic rings. The molecule has 1 aromatic carbocycles. The molecule has 1 aliphatic heterocycles. The van der Waals surface area contributed by atoms with Crippen molar-refractivity contribution in [3.8, 4) is 5.75 Å². The highest BCUT2D eigenvalue weighted by molar-refractivity contribution is 5.56. The minimum atomic E-state index is -0.395. The number of piperidine rings is 1. The molecule has 0 spiro atoms. The molecule has 1 saturated heterocycles. The average Bonchev–Trinajstić information content (AvgIpc) is 2.53. The second kappa shape index (κ2) is 7.26. The Morgan fingerprint density at radius 3 is 2.67 bits per heavy atom. The average molecular weight is 293 g/mol. The standard InChI is InChI=1S/C15H23N3O3/c1-3-17-6-4-12(5-7-17)11-16-13-8-14(18(19)20)10-15(9-13)21-2/h8-10,12,16H,3-7,11H2,1-2H3. The molecule has 6 nitrogen and oxygen atoms in total. The Labute approximate surface area is 125 Å². The van der Waals surface area contributed by atoms with Crippen molar-refractivity contribution in [1.82, 2.24) is 4.90 Å². The van der Waals surface area contributed by atoms with Crippen LogP contribution in [0.25, 0.3) is 0 Å². The van der Waals surface area contributed by atoms with Crippen LogP contribution >= 0.6 is 0 Å². The summed E-state index contributed by atoms with van der Waals surface area (Å²) in [5.41, 5.74) is 0.802. The van der Waals surface area contributed by atoms with Gasteiger partial charge in [0.1, 0.15) is 5.75 Å². The van der Waals surface area contributed by atoms with Crippen molar-refractivity contribution in [2.75, 3.05) is 38.6 Å². The summed E-state index contributed by atoms with van der Waals surface area (Å²) >= 11 is 0. The molecule has 1 aromatic rings. The molecule has 0 bridgehead atoms. The molecule has 0 aliphatic carbocycles. The first-order valence-electron chi connectivity index (χ1n) is 7.42. The zero-order valence-corrected chi connectivity index (χ0v) is 12.7. The van der Waals surface area contributed by atoms with Gasteiger partial charge >= 0.3 is 0 Å². The number of nitro groups is 1. The fourth-order valence-corrected chi connectivity index (χ4v) is 2.68. The van der Waals surface area contributed by atoms with Crippen LogP contribution in [0.15, 0.2) is 18.2 Å². The summed E-state index contributed by atoms with van der Waals surface area (Å²) < 4.78 is 5.11. The van der Waals surface area contributed by atoms with Gasteiger partial charge in [0.15, 0.2) is 0 Å². The molecule has 0 unspecified atom stereocenters. The Morgan fingerprint density at radius 2 is 2.10 bits per heavy atom. The maximum absolute atomic E-state index is 10.9. The van der Waals surface area contributed by atoms with Crippen molar-refractivity contribution in [2.24, 2.45) is 5.92 Å². The van der Waals surface area contributed by atoms with E-state index in [2.05, 4.69) is 17.1 Å². The zero-order valence-electron chi connectivity index (χ0n) is 12.7. The van der Waals surface area contributed by atoms with E-state index in [4.69, 9.17) is 4.74 Å². The SMILES string of the molecule is CCN1CCC(CNc2cc(OC)cc([N+](=O)[O-])c2)CC1. The number of hydrogen-bond acceptors (Lipinski definition) is 5. The van der Waals surface area contributed by atoms with Crippen molar-refractivity contribution in [2.45, 2.75) is 19.8 Å². The third-order valence-electron chi connectivity index (χ3n) is 4.09. The lowest BCUT2D eigenvalue weighted by atomic mass is 9.97. The second-order valence-corrected chi connectivity index (χ2v) is 5.44. The van der Waals surface area contributed by atoms with Crippen molar-refractivity contribution in [1.29, 1.82) is 0 Å². The number of benzene rings is 1. The van der Waals surface area contributed by atoms with E-state index in [1.54, 1.807) is 12.1 Å². The number of methoxy groups -OCH3 is 1. The monoisotopic (exact) mass is 293 g/mol. The number of anilines is 1. The van der Waals surface area contributed by atoms with Gasteiger partial charge in [0, 0.05) is 24.4 Å². The van der Waals surface area contributed by atoms with Crippen LogP contribution in [-0.4, -0.2) is 43.1 Å². The highest BCUT2D eigenvalue weighted by Crippen LogP contribution is 2.26. The van der Waals surface area contributed by atoms with Crippen LogP contribution in [0.3, 0.4) is 0 Å². The molecule has 0 atom stereocenters. The molecule has 1 fully saturated rings. The molecule has 1 N–H and O–H groups in total. The number of non-ortho nitro benzene ring substituents is 1. The third kappa shape index (κ3) is 4.32. The fourth-order valence-electron chi connectivity index (χ4n) is 2.68. The van der Waals surface area contributed by atoms with Crippen molar-refractivity contribution < 1.29 is 9.66 Å². The maximum atomic E-state index is 10.9. The van der Waals surface area contributed by atoms with E-state index in [0.717, 1.165) is 31.9 Å². The molecule has 0 aromatic heterocycles. The summed E-state index contributed by atoms with van der Waals surface area (Å²) in [6.45, 7) is 6.43. The van der Waals surface area contributed by atoms with Crippen LogP contribution < -0.4 is 10.1 Å². The van der Waals surface area contributed by atoms with Gasteiger partial charge in [0.25, 0.3) is 5.69 Å². The first-order valence-corrected chi connectivity index (χ1v) is 7.42. The van der Waals surface area contributed by atoms with Crippen LogP contribution in [0.5, 0.6) is 5.75 Å². The van der Waals surface area contributed by atoms with Crippen molar-refractivity contribution in [3.05, 3.63) is 28.3 Å². The maximum Gasteiger partial charge on any atom is 0.275 e. The molecule has 0 saturated carbocycles. The second-order valence-electron chi connectivity index (χ2n) is 5.44. The summed E-state index contributed by atoms with van der Waals surface area (Å²) in [7, 11) is 1.52. The number of likely N-dealkylation sites (tertiary alicyclic amines) is 1. The Kier molecular flexibility index (Phi) is 5.38. The molecule has 0 radical (unpaired) electrons. The van der Waals surface area contributed by atoms with Gasteiger partial charge in [-0.3, -0.25) is 10.1 Å². The molecule has 21 heavy (non-hydrogen) atoms. The molecular weight excluding hydrogens is 270 g/mol. The Bertz CT molecular complexity index is 485. The molecule has 116 valence electrons. The normalized spacial score (nSPS) is 16.7. The van der Waals surface area contributed by atoms with Crippen LogP contribution in [0.1, 0.15) is 19.8 Å². The Balaban J connectivity index is 1.93. The van der Waals surface area contributed by atoms with Crippen LogP contribution in [0.4, 0.5) is 11.4 Å². The van der Waals surface area contributed by atoms with Crippen LogP contribution in [0.2, 0.25) is 0 Å². The minimum Gasteiger partial charge on any atom is -0.496 e. The van der Waals surface area contributed by atoms with Gasteiger partial charge in [-0.2, -0.15) is 0 Å². The molecule has 2 rings (SSSR count). The number of ether oxygens (including phenoxy) is 1. The lowest BCUT2D eigenvalue weighted by molar-refractivity contribution is -0.384. The molecule has 0 amide bonds. The molecule has 6 heteroatoms. The lowest BCUT2D eigenvalue weighted by Crippen LogP contribution is -2.35. The van der Waals surface area contributed by atoms with Crippen molar-refractivity contribution >= 4 is 11.4 Å². The highest BCUT2D eigenvalue weighted by atomic mass is 16.6. The molecule has 1 heterocycles.